The second-order valence-corrected chi connectivity index (χ2v) is 14.1. The van der Waals surface area contributed by atoms with Crippen LogP contribution in [-0.2, 0) is 5.41 Å². The standard InChI is InChI=1S/C51H39N/c1-51(2)48-30-15-13-28-45(48)47-35-40(32-33-49(47)51)52(39-23-17-22-38(34-39)36-18-5-3-6-19-36)50-31-16-14-29-46(50)44-27-12-11-26-43(44)42-25-10-9-24-41(42)37-20-7-4-8-21-37/h3-35H,1-2H3. The minimum atomic E-state index is -0.0640. The summed E-state index contributed by atoms with van der Waals surface area (Å²) >= 11 is 0. The summed E-state index contributed by atoms with van der Waals surface area (Å²) in [5, 5.41) is 0. The predicted molar refractivity (Wildman–Crippen MR) is 220 cm³/mol. The molecule has 8 aromatic carbocycles. The van der Waals surface area contributed by atoms with Gasteiger partial charge in [-0.15, -0.1) is 0 Å². The van der Waals surface area contributed by atoms with Crippen molar-refractivity contribution >= 4 is 17.1 Å². The first-order valence-corrected chi connectivity index (χ1v) is 18.1. The molecule has 0 saturated carbocycles. The Morgan fingerprint density at radius 2 is 0.788 bits per heavy atom. The molecule has 248 valence electrons. The molecule has 0 aromatic heterocycles. The van der Waals surface area contributed by atoms with Gasteiger partial charge < -0.3 is 4.90 Å². The van der Waals surface area contributed by atoms with Gasteiger partial charge in [-0.3, -0.25) is 0 Å². The maximum atomic E-state index is 2.45. The molecule has 52 heavy (non-hydrogen) atoms. The van der Waals surface area contributed by atoms with Crippen LogP contribution in [0.15, 0.2) is 200 Å². The normalized spacial score (nSPS) is 12.6. The Bertz CT molecular complexity index is 2540. The van der Waals surface area contributed by atoms with Gasteiger partial charge in [0.05, 0.1) is 5.69 Å². The van der Waals surface area contributed by atoms with Crippen LogP contribution in [0.2, 0.25) is 0 Å². The molecule has 0 aliphatic heterocycles. The third-order valence-corrected chi connectivity index (χ3v) is 10.7. The minimum absolute atomic E-state index is 0.0640. The molecule has 0 heterocycles. The highest BCUT2D eigenvalue weighted by Crippen LogP contribution is 2.52. The molecular weight excluding hydrogens is 627 g/mol. The van der Waals surface area contributed by atoms with E-state index in [0.717, 1.165) is 17.1 Å². The Morgan fingerprint density at radius 1 is 0.308 bits per heavy atom. The highest BCUT2D eigenvalue weighted by Gasteiger charge is 2.35. The molecule has 1 heteroatoms. The van der Waals surface area contributed by atoms with Gasteiger partial charge in [-0.05, 0) is 91.5 Å². The quantitative estimate of drug-likeness (QED) is 0.164. The predicted octanol–water partition coefficient (Wildman–Crippen LogP) is 14.1. The van der Waals surface area contributed by atoms with Crippen LogP contribution < -0.4 is 4.90 Å². The van der Waals surface area contributed by atoms with Crippen molar-refractivity contribution in [3.05, 3.63) is 211 Å². The number of rotatable bonds is 7. The average Bonchev–Trinajstić information content (AvgIpc) is 3.44. The van der Waals surface area contributed by atoms with Gasteiger partial charge in [-0.25, -0.2) is 0 Å². The first-order valence-electron chi connectivity index (χ1n) is 18.1. The molecule has 1 aliphatic carbocycles. The number of para-hydroxylation sites is 1. The van der Waals surface area contributed by atoms with Crippen molar-refractivity contribution in [1.29, 1.82) is 0 Å². The fourth-order valence-corrected chi connectivity index (χ4v) is 8.17. The fourth-order valence-electron chi connectivity index (χ4n) is 8.17. The van der Waals surface area contributed by atoms with Crippen molar-refractivity contribution in [3.8, 4) is 55.6 Å². The molecule has 0 radical (unpaired) electrons. The largest absolute Gasteiger partial charge is 0.310 e. The third-order valence-electron chi connectivity index (χ3n) is 10.7. The van der Waals surface area contributed by atoms with E-state index in [2.05, 4.69) is 219 Å². The van der Waals surface area contributed by atoms with E-state index in [-0.39, 0.29) is 5.41 Å². The SMILES string of the molecule is CC1(C)c2ccccc2-c2cc(N(c3cccc(-c4ccccc4)c3)c3ccccc3-c3ccccc3-c3ccccc3-c3ccccc3)ccc21. The summed E-state index contributed by atoms with van der Waals surface area (Å²) in [4.78, 5) is 2.45. The van der Waals surface area contributed by atoms with Crippen LogP contribution in [0.3, 0.4) is 0 Å². The zero-order valence-corrected chi connectivity index (χ0v) is 29.5. The molecule has 0 unspecified atom stereocenters. The van der Waals surface area contributed by atoms with E-state index in [9.17, 15) is 0 Å². The van der Waals surface area contributed by atoms with Crippen LogP contribution in [0, 0.1) is 0 Å². The van der Waals surface area contributed by atoms with Gasteiger partial charge in [-0.2, -0.15) is 0 Å². The lowest BCUT2D eigenvalue weighted by molar-refractivity contribution is 0.660. The van der Waals surface area contributed by atoms with Gasteiger partial charge in [0.1, 0.15) is 0 Å². The molecule has 1 nitrogen and oxygen atoms in total. The Balaban J connectivity index is 1.27. The van der Waals surface area contributed by atoms with Gasteiger partial charge in [0.2, 0.25) is 0 Å². The first kappa shape index (κ1) is 31.5. The number of nitrogens with zero attached hydrogens (tertiary/aromatic N) is 1. The number of hydrogen-bond acceptors (Lipinski definition) is 1. The lowest BCUT2D eigenvalue weighted by Gasteiger charge is -2.30. The lowest BCUT2D eigenvalue weighted by atomic mass is 9.82. The summed E-state index contributed by atoms with van der Waals surface area (Å²) in [6, 6.07) is 72.8. The molecule has 0 atom stereocenters. The third kappa shape index (κ3) is 5.43. The van der Waals surface area contributed by atoms with Gasteiger partial charge in [0, 0.05) is 22.4 Å². The summed E-state index contributed by atoms with van der Waals surface area (Å²) < 4.78 is 0. The van der Waals surface area contributed by atoms with Crippen LogP contribution >= 0.6 is 0 Å². The van der Waals surface area contributed by atoms with E-state index in [1.165, 1.54) is 66.8 Å². The summed E-state index contributed by atoms with van der Waals surface area (Å²) in [5.41, 5.74) is 18.3. The van der Waals surface area contributed by atoms with Gasteiger partial charge in [-0.1, -0.05) is 184 Å². The summed E-state index contributed by atoms with van der Waals surface area (Å²) in [7, 11) is 0. The second kappa shape index (κ2) is 13.0. The Kier molecular flexibility index (Phi) is 7.90. The average molecular weight is 666 g/mol. The lowest BCUT2D eigenvalue weighted by Crippen LogP contribution is -2.15. The zero-order chi connectivity index (χ0) is 35.1. The van der Waals surface area contributed by atoms with Crippen LogP contribution in [0.1, 0.15) is 25.0 Å². The number of anilines is 3. The molecule has 9 rings (SSSR count). The van der Waals surface area contributed by atoms with E-state index < -0.39 is 0 Å². The summed E-state index contributed by atoms with van der Waals surface area (Å²) in [6.45, 7) is 4.69. The molecule has 8 aromatic rings. The topological polar surface area (TPSA) is 3.24 Å². The monoisotopic (exact) mass is 665 g/mol. The molecule has 0 fully saturated rings. The van der Waals surface area contributed by atoms with E-state index >= 15 is 0 Å². The van der Waals surface area contributed by atoms with Gasteiger partial charge >= 0.3 is 0 Å². The highest BCUT2D eigenvalue weighted by molar-refractivity contribution is 5.98. The summed E-state index contributed by atoms with van der Waals surface area (Å²) in [5.74, 6) is 0. The van der Waals surface area contributed by atoms with Crippen molar-refractivity contribution in [3.63, 3.8) is 0 Å². The maximum absolute atomic E-state index is 2.45. The van der Waals surface area contributed by atoms with Gasteiger partial charge in [0.25, 0.3) is 0 Å². The van der Waals surface area contributed by atoms with Crippen molar-refractivity contribution in [2.45, 2.75) is 19.3 Å². The van der Waals surface area contributed by atoms with Crippen molar-refractivity contribution < 1.29 is 0 Å². The highest BCUT2D eigenvalue weighted by atomic mass is 15.1. The summed E-state index contributed by atoms with van der Waals surface area (Å²) in [6.07, 6.45) is 0. The smallest absolute Gasteiger partial charge is 0.0540 e. The molecule has 1 aliphatic rings. The van der Waals surface area contributed by atoms with E-state index in [4.69, 9.17) is 0 Å². The van der Waals surface area contributed by atoms with Crippen molar-refractivity contribution in [2.75, 3.05) is 4.90 Å². The molecule has 0 spiro atoms. The zero-order valence-electron chi connectivity index (χ0n) is 29.5. The Morgan fingerprint density at radius 3 is 1.50 bits per heavy atom. The fraction of sp³-hybridized carbons (Fsp3) is 0.0588. The molecular formula is C51H39N. The number of fused-ring (bicyclic) bond motifs is 3. The van der Waals surface area contributed by atoms with Crippen molar-refractivity contribution in [1.82, 2.24) is 0 Å². The molecule has 0 saturated heterocycles. The Labute approximate surface area is 307 Å². The van der Waals surface area contributed by atoms with E-state index in [1.807, 2.05) is 0 Å². The van der Waals surface area contributed by atoms with Crippen LogP contribution in [-0.4, -0.2) is 0 Å². The van der Waals surface area contributed by atoms with E-state index in [1.54, 1.807) is 0 Å². The molecule has 0 bridgehead atoms. The van der Waals surface area contributed by atoms with Crippen LogP contribution in [0.25, 0.3) is 55.6 Å². The van der Waals surface area contributed by atoms with Gasteiger partial charge in [0.15, 0.2) is 0 Å². The number of hydrogen-bond donors (Lipinski definition) is 0. The van der Waals surface area contributed by atoms with Crippen molar-refractivity contribution in [2.24, 2.45) is 0 Å². The molecule has 0 amide bonds. The van der Waals surface area contributed by atoms with E-state index in [0.29, 0.717) is 0 Å². The minimum Gasteiger partial charge on any atom is -0.310 e. The van der Waals surface area contributed by atoms with Crippen LogP contribution in [0.4, 0.5) is 17.1 Å². The molecule has 0 N–H and O–H groups in total. The number of benzene rings is 8. The van der Waals surface area contributed by atoms with Crippen LogP contribution in [0.5, 0.6) is 0 Å². The Hall–Kier alpha value is -6.44. The first-order chi connectivity index (χ1) is 25.6. The second-order valence-electron chi connectivity index (χ2n) is 14.1. The maximum Gasteiger partial charge on any atom is 0.0540 e.